The average molecular weight is 308 g/mol. The van der Waals surface area contributed by atoms with Crippen LogP contribution in [0.2, 0.25) is 0 Å². The number of fused-ring (bicyclic) bond motifs is 1. The smallest absolute Gasteiger partial charge is 0.302 e. The molecule has 1 fully saturated rings. The van der Waals surface area contributed by atoms with Crippen molar-refractivity contribution in [2.75, 3.05) is 13.2 Å². The Morgan fingerprint density at radius 3 is 2.50 bits per heavy atom. The fourth-order valence-corrected chi connectivity index (χ4v) is 3.87. The fourth-order valence-electron chi connectivity index (χ4n) is 3.87. The molecule has 0 aliphatic heterocycles. The number of Topliss-reactive ketones (excluding diaryl/α,β-unsaturated/α-hetero) is 1. The first kappa shape index (κ1) is 16.7. The maximum absolute atomic E-state index is 12.1. The van der Waals surface area contributed by atoms with Gasteiger partial charge in [0.25, 0.3) is 0 Å². The molecule has 0 spiro atoms. The summed E-state index contributed by atoms with van der Waals surface area (Å²) in [6.07, 6.45) is 3.87. The summed E-state index contributed by atoms with van der Waals surface area (Å²) in [4.78, 5) is 34.5. The van der Waals surface area contributed by atoms with Crippen LogP contribution >= 0.6 is 0 Å². The van der Waals surface area contributed by atoms with Gasteiger partial charge < -0.3 is 9.47 Å². The first-order valence-electron chi connectivity index (χ1n) is 7.87. The third-order valence-corrected chi connectivity index (χ3v) is 5.05. The van der Waals surface area contributed by atoms with Gasteiger partial charge in [0.2, 0.25) is 0 Å². The van der Waals surface area contributed by atoms with E-state index in [2.05, 4.69) is 0 Å². The number of rotatable bonds is 4. The van der Waals surface area contributed by atoms with Gasteiger partial charge >= 0.3 is 11.9 Å². The van der Waals surface area contributed by atoms with Crippen molar-refractivity contribution >= 4 is 17.7 Å². The van der Waals surface area contributed by atoms with E-state index in [1.807, 2.05) is 6.92 Å². The lowest BCUT2D eigenvalue weighted by molar-refractivity contribution is -0.151. The van der Waals surface area contributed by atoms with E-state index >= 15 is 0 Å². The van der Waals surface area contributed by atoms with Crippen LogP contribution in [0.25, 0.3) is 0 Å². The molecule has 22 heavy (non-hydrogen) atoms. The first-order chi connectivity index (χ1) is 10.4. The molecule has 5 heteroatoms. The summed E-state index contributed by atoms with van der Waals surface area (Å²) < 4.78 is 10.6. The van der Waals surface area contributed by atoms with Gasteiger partial charge in [-0.15, -0.1) is 0 Å². The summed E-state index contributed by atoms with van der Waals surface area (Å²) in [5, 5.41) is 0. The number of hydrogen-bond acceptors (Lipinski definition) is 5. The van der Waals surface area contributed by atoms with Crippen molar-refractivity contribution in [3.63, 3.8) is 0 Å². The molecule has 0 saturated heterocycles. The molecular formula is C17H24O5. The maximum atomic E-state index is 12.1. The molecule has 0 bridgehead atoms. The number of carbonyl (C=O) groups excluding carboxylic acids is 3. The van der Waals surface area contributed by atoms with Crippen LogP contribution in [0.1, 0.15) is 52.9 Å². The largest absolute Gasteiger partial charge is 0.466 e. The summed E-state index contributed by atoms with van der Waals surface area (Å²) in [6.45, 7) is 5.25. The molecule has 0 radical (unpaired) electrons. The van der Waals surface area contributed by atoms with Gasteiger partial charge in [0.15, 0.2) is 5.78 Å². The third kappa shape index (κ3) is 3.23. The van der Waals surface area contributed by atoms with Crippen LogP contribution < -0.4 is 0 Å². The van der Waals surface area contributed by atoms with Gasteiger partial charge in [-0.1, -0.05) is 5.57 Å². The number of carbonyl (C=O) groups is 3. The summed E-state index contributed by atoms with van der Waals surface area (Å²) >= 11 is 0. The predicted octanol–water partition coefficient (Wildman–Crippen LogP) is 2.58. The Balaban J connectivity index is 2.34. The number of hydrogen-bond donors (Lipinski definition) is 0. The Morgan fingerprint density at radius 1 is 1.18 bits per heavy atom. The molecule has 1 saturated carbocycles. The highest BCUT2D eigenvalue weighted by Gasteiger charge is 2.49. The van der Waals surface area contributed by atoms with Gasteiger partial charge in [-0.25, -0.2) is 0 Å². The Kier molecular flexibility index (Phi) is 5.04. The summed E-state index contributed by atoms with van der Waals surface area (Å²) in [5.41, 5.74) is 1.57. The van der Waals surface area contributed by atoms with Crippen molar-refractivity contribution in [1.82, 2.24) is 0 Å². The summed E-state index contributed by atoms with van der Waals surface area (Å²) in [5.74, 6) is -0.341. The van der Waals surface area contributed by atoms with Crippen molar-refractivity contribution in [2.24, 2.45) is 11.3 Å². The zero-order chi connectivity index (χ0) is 16.3. The van der Waals surface area contributed by atoms with Crippen LogP contribution in [0.3, 0.4) is 0 Å². The Labute approximate surface area is 131 Å². The second-order valence-electron chi connectivity index (χ2n) is 6.35. The molecule has 122 valence electrons. The van der Waals surface area contributed by atoms with E-state index in [9.17, 15) is 14.4 Å². The molecule has 5 nitrogen and oxygen atoms in total. The minimum Gasteiger partial charge on any atom is -0.466 e. The van der Waals surface area contributed by atoms with E-state index in [-0.39, 0.29) is 35.7 Å². The van der Waals surface area contributed by atoms with Gasteiger partial charge in [-0.3, -0.25) is 14.4 Å². The minimum absolute atomic E-state index is 0.0996. The van der Waals surface area contributed by atoms with Crippen molar-refractivity contribution in [3.05, 3.63) is 11.1 Å². The molecule has 2 atom stereocenters. The van der Waals surface area contributed by atoms with Gasteiger partial charge in [0.1, 0.15) is 6.61 Å². The SMILES string of the molecule is CC(=O)OC[C@@H]1CCCC2=C(C)C(=O)CC[C@]21COC(C)=O. The van der Waals surface area contributed by atoms with Gasteiger partial charge in [-0.05, 0) is 38.2 Å². The molecule has 0 unspecified atom stereocenters. The zero-order valence-electron chi connectivity index (χ0n) is 13.6. The van der Waals surface area contributed by atoms with Crippen molar-refractivity contribution in [3.8, 4) is 0 Å². The molecule has 0 amide bonds. The lowest BCUT2D eigenvalue weighted by Gasteiger charge is -2.48. The van der Waals surface area contributed by atoms with E-state index in [4.69, 9.17) is 9.47 Å². The van der Waals surface area contributed by atoms with E-state index in [0.29, 0.717) is 19.4 Å². The van der Waals surface area contributed by atoms with Crippen LogP contribution in [-0.2, 0) is 23.9 Å². The number of allylic oxidation sites excluding steroid dienone is 1. The van der Waals surface area contributed by atoms with E-state index in [1.165, 1.54) is 13.8 Å². The quantitative estimate of drug-likeness (QED) is 0.747. The van der Waals surface area contributed by atoms with Crippen molar-refractivity contribution in [1.29, 1.82) is 0 Å². The summed E-state index contributed by atoms with van der Waals surface area (Å²) in [7, 11) is 0. The lowest BCUT2D eigenvalue weighted by atomic mass is 9.58. The van der Waals surface area contributed by atoms with Crippen molar-refractivity contribution < 1.29 is 23.9 Å². The molecule has 2 aliphatic rings. The number of ketones is 1. The van der Waals surface area contributed by atoms with Crippen LogP contribution in [-0.4, -0.2) is 30.9 Å². The first-order valence-corrected chi connectivity index (χ1v) is 7.87. The van der Waals surface area contributed by atoms with Gasteiger partial charge in [0.05, 0.1) is 6.61 Å². The van der Waals surface area contributed by atoms with Gasteiger partial charge in [0, 0.05) is 31.6 Å². The Bertz CT molecular complexity index is 519. The fraction of sp³-hybridized carbons (Fsp3) is 0.706. The summed E-state index contributed by atoms with van der Waals surface area (Å²) in [6, 6.07) is 0. The number of esters is 2. The number of ether oxygens (including phenoxy) is 2. The highest BCUT2D eigenvalue weighted by atomic mass is 16.5. The second kappa shape index (κ2) is 6.63. The van der Waals surface area contributed by atoms with Crippen LogP contribution in [0.5, 0.6) is 0 Å². The molecule has 0 aromatic carbocycles. The van der Waals surface area contributed by atoms with Crippen LogP contribution in [0, 0.1) is 11.3 Å². The normalized spacial score (nSPS) is 28.1. The predicted molar refractivity (Wildman–Crippen MR) is 80.0 cm³/mol. The topological polar surface area (TPSA) is 69.7 Å². The van der Waals surface area contributed by atoms with Crippen molar-refractivity contribution in [2.45, 2.75) is 52.9 Å². The average Bonchev–Trinajstić information content (AvgIpc) is 2.47. The highest BCUT2D eigenvalue weighted by molar-refractivity contribution is 5.96. The van der Waals surface area contributed by atoms with E-state index in [1.54, 1.807) is 0 Å². The van der Waals surface area contributed by atoms with E-state index < -0.39 is 0 Å². The van der Waals surface area contributed by atoms with Gasteiger partial charge in [-0.2, -0.15) is 0 Å². The monoisotopic (exact) mass is 308 g/mol. The molecule has 2 aliphatic carbocycles. The highest BCUT2D eigenvalue weighted by Crippen LogP contribution is 2.52. The lowest BCUT2D eigenvalue weighted by Crippen LogP contribution is -2.46. The van der Waals surface area contributed by atoms with Crippen LogP contribution in [0.15, 0.2) is 11.1 Å². The standard InChI is InChI=1S/C17H24O5/c1-11-15-6-4-5-14(9-21-12(2)18)17(15,8-7-16(11)20)10-22-13(3)19/h14H,4-10H2,1-3H3/t14-,17+/m0/s1. The zero-order valence-corrected chi connectivity index (χ0v) is 13.6. The Morgan fingerprint density at radius 2 is 1.86 bits per heavy atom. The molecule has 0 heterocycles. The minimum atomic E-state index is -0.350. The molecule has 0 aromatic heterocycles. The molecule has 2 rings (SSSR count). The van der Waals surface area contributed by atoms with Crippen LogP contribution in [0.4, 0.5) is 0 Å². The molecule has 0 N–H and O–H groups in total. The third-order valence-electron chi connectivity index (χ3n) is 5.05. The molecular weight excluding hydrogens is 284 g/mol. The Hall–Kier alpha value is -1.65. The molecule has 0 aromatic rings. The maximum Gasteiger partial charge on any atom is 0.302 e. The van der Waals surface area contributed by atoms with E-state index in [0.717, 1.165) is 30.4 Å². The second-order valence-corrected chi connectivity index (χ2v) is 6.35.